The SMILES string of the molecule is CC(C)C(NS(=O)(=O)c1ccc(C(C)(C)C)cc1)C(=O)NO. The molecule has 6 nitrogen and oxygen atoms in total. The summed E-state index contributed by atoms with van der Waals surface area (Å²) in [5.74, 6) is -1.10. The number of hydrogen-bond acceptors (Lipinski definition) is 4. The molecule has 0 spiro atoms. The number of carbonyl (C=O) groups excluding carboxylic acids is 1. The van der Waals surface area contributed by atoms with E-state index in [1.807, 2.05) is 20.8 Å². The lowest BCUT2D eigenvalue weighted by atomic mass is 9.87. The van der Waals surface area contributed by atoms with Gasteiger partial charge in [-0.05, 0) is 29.0 Å². The van der Waals surface area contributed by atoms with Crippen molar-refractivity contribution in [3.05, 3.63) is 29.8 Å². The summed E-state index contributed by atoms with van der Waals surface area (Å²) in [5.41, 5.74) is 2.42. The summed E-state index contributed by atoms with van der Waals surface area (Å²) in [6, 6.07) is 5.49. The summed E-state index contributed by atoms with van der Waals surface area (Å²) in [5, 5.41) is 8.71. The fourth-order valence-electron chi connectivity index (χ4n) is 1.93. The van der Waals surface area contributed by atoms with Crippen molar-refractivity contribution in [3.63, 3.8) is 0 Å². The number of amides is 1. The molecule has 1 rings (SSSR count). The maximum atomic E-state index is 12.4. The van der Waals surface area contributed by atoms with Gasteiger partial charge in [-0.15, -0.1) is 0 Å². The van der Waals surface area contributed by atoms with E-state index >= 15 is 0 Å². The van der Waals surface area contributed by atoms with Gasteiger partial charge in [-0.2, -0.15) is 4.72 Å². The molecule has 1 aromatic carbocycles. The van der Waals surface area contributed by atoms with Crippen molar-refractivity contribution in [1.29, 1.82) is 0 Å². The Morgan fingerprint density at radius 1 is 1.14 bits per heavy atom. The van der Waals surface area contributed by atoms with Gasteiger partial charge in [0.05, 0.1) is 4.90 Å². The van der Waals surface area contributed by atoms with Gasteiger partial charge in [0.1, 0.15) is 6.04 Å². The Morgan fingerprint density at radius 2 is 1.64 bits per heavy atom. The van der Waals surface area contributed by atoms with Crippen molar-refractivity contribution in [1.82, 2.24) is 10.2 Å². The summed E-state index contributed by atoms with van der Waals surface area (Å²) in [6.07, 6.45) is 0. The smallest absolute Gasteiger partial charge is 0.261 e. The topological polar surface area (TPSA) is 95.5 Å². The largest absolute Gasteiger partial charge is 0.289 e. The molecule has 3 N–H and O–H groups in total. The van der Waals surface area contributed by atoms with E-state index in [9.17, 15) is 13.2 Å². The zero-order valence-electron chi connectivity index (χ0n) is 13.5. The first-order valence-electron chi connectivity index (χ1n) is 7.06. The molecule has 0 saturated heterocycles. The van der Waals surface area contributed by atoms with Crippen LogP contribution in [0.1, 0.15) is 40.2 Å². The lowest BCUT2D eigenvalue weighted by molar-refractivity contribution is -0.131. The third kappa shape index (κ3) is 4.53. The van der Waals surface area contributed by atoms with Crippen molar-refractivity contribution in [2.45, 2.75) is 51.0 Å². The van der Waals surface area contributed by atoms with E-state index in [0.29, 0.717) is 0 Å². The number of carbonyl (C=O) groups is 1. The van der Waals surface area contributed by atoms with Crippen molar-refractivity contribution in [2.24, 2.45) is 5.92 Å². The van der Waals surface area contributed by atoms with Gasteiger partial charge >= 0.3 is 0 Å². The number of hydroxylamine groups is 1. The lowest BCUT2D eigenvalue weighted by Crippen LogP contribution is -2.48. The second-order valence-corrected chi connectivity index (χ2v) is 8.31. The molecule has 124 valence electrons. The van der Waals surface area contributed by atoms with Gasteiger partial charge in [0, 0.05) is 0 Å². The van der Waals surface area contributed by atoms with E-state index in [-0.39, 0.29) is 16.2 Å². The summed E-state index contributed by atoms with van der Waals surface area (Å²) in [4.78, 5) is 11.6. The van der Waals surface area contributed by atoms with Crippen LogP contribution in [-0.4, -0.2) is 25.6 Å². The van der Waals surface area contributed by atoms with Gasteiger partial charge in [0.25, 0.3) is 5.91 Å². The fourth-order valence-corrected chi connectivity index (χ4v) is 3.28. The van der Waals surface area contributed by atoms with Gasteiger partial charge in [0.15, 0.2) is 0 Å². The molecule has 1 atom stereocenters. The predicted octanol–water partition coefficient (Wildman–Crippen LogP) is 1.79. The highest BCUT2D eigenvalue weighted by atomic mass is 32.2. The first kappa shape index (κ1) is 18.6. The van der Waals surface area contributed by atoms with E-state index in [1.54, 1.807) is 26.0 Å². The van der Waals surface area contributed by atoms with Crippen LogP contribution in [0.4, 0.5) is 0 Å². The zero-order valence-corrected chi connectivity index (χ0v) is 14.4. The van der Waals surface area contributed by atoms with Gasteiger partial charge < -0.3 is 0 Å². The molecule has 0 aliphatic rings. The first-order chi connectivity index (χ1) is 9.99. The molecule has 0 aromatic heterocycles. The van der Waals surface area contributed by atoms with Crippen LogP contribution in [0.25, 0.3) is 0 Å². The van der Waals surface area contributed by atoms with Gasteiger partial charge in [-0.3, -0.25) is 10.0 Å². The van der Waals surface area contributed by atoms with Crippen molar-refractivity contribution in [3.8, 4) is 0 Å². The molecule has 0 saturated carbocycles. The van der Waals surface area contributed by atoms with Crippen LogP contribution in [0.5, 0.6) is 0 Å². The normalized spacial score (nSPS) is 14.0. The minimum absolute atomic E-state index is 0.0764. The van der Waals surface area contributed by atoms with Gasteiger partial charge in [-0.1, -0.05) is 46.8 Å². The van der Waals surface area contributed by atoms with Gasteiger partial charge in [0.2, 0.25) is 10.0 Å². The maximum Gasteiger partial charge on any atom is 0.261 e. The highest BCUT2D eigenvalue weighted by Gasteiger charge is 2.28. The van der Waals surface area contributed by atoms with Crippen LogP contribution < -0.4 is 10.2 Å². The molecule has 0 aliphatic heterocycles. The molecule has 0 bridgehead atoms. The summed E-state index contributed by atoms with van der Waals surface area (Å²) in [6.45, 7) is 9.48. The zero-order chi connectivity index (χ0) is 17.1. The molecule has 1 aromatic rings. The molecular weight excluding hydrogens is 304 g/mol. The second kappa shape index (κ2) is 6.76. The number of sulfonamides is 1. The monoisotopic (exact) mass is 328 g/mol. The first-order valence-corrected chi connectivity index (χ1v) is 8.54. The van der Waals surface area contributed by atoms with Gasteiger partial charge in [-0.25, -0.2) is 13.9 Å². The predicted molar refractivity (Wildman–Crippen MR) is 84.0 cm³/mol. The molecule has 0 radical (unpaired) electrons. The number of benzene rings is 1. The Labute approximate surface area is 131 Å². The van der Waals surface area contributed by atoms with E-state index in [2.05, 4.69) is 4.72 Å². The third-order valence-corrected chi connectivity index (χ3v) is 4.83. The fraction of sp³-hybridized carbons (Fsp3) is 0.533. The summed E-state index contributed by atoms with van der Waals surface area (Å²) < 4.78 is 27.0. The van der Waals surface area contributed by atoms with Crippen LogP contribution in [-0.2, 0) is 20.2 Å². The Morgan fingerprint density at radius 3 is 2.00 bits per heavy atom. The Balaban J connectivity index is 3.06. The molecule has 22 heavy (non-hydrogen) atoms. The minimum Gasteiger partial charge on any atom is -0.289 e. The van der Waals surface area contributed by atoms with Crippen molar-refractivity contribution >= 4 is 15.9 Å². The third-order valence-electron chi connectivity index (χ3n) is 3.37. The molecule has 7 heteroatoms. The van der Waals surface area contributed by atoms with Crippen molar-refractivity contribution in [2.75, 3.05) is 0 Å². The second-order valence-electron chi connectivity index (χ2n) is 6.59. The number of rotatable bonds is 5. The summed E-state index contributed by atoms with van der Waals surface area (Å²) in [7, 11) is -3.84. The van der Waals surface area contributed by atoms with Crippen LogP contribution in [0.15, 0.2) is 29.2 Å². The van der Waals surface area contributed by atoms with Crippen LogP contribution in [0, 0.1) is 5.92 Å². The Kier molecular flexibility index (Phi) is 5.72. The molecule has 0 fully saturated rings. The Hall–Kier alpha value is -1.44. The maximum absolute atomic E-state index is 12.4. The van der Waals surface area contributed by atoms with Crippen molar-refractivity contribution < 1.29 is 18.4 Å². The molecule has 1 unspecified atom stereocenters. The van der Waals surface area contributed by atoms with Crippen LogP contribution in [0.3, 0.4) is 0 Å². The number of hydrogen-bond donors (Lipinski definition) is 3. The average molecular weight is 328 g/mol. The molecular formula is C15H24N2O4S. The van der Waals surface area contributed by atoms with E-state index in [1.165, 1.54) is 17.6 Å². The highest BCUT2D eigenvalue weighted by Crippen LogP contribution is 2.23. The standard InChI is InChI=1S/C15H24N2O4S/c1-10(2)13(14(18)16-19)17-22(20,21)12-8-6-11(7-9-12)15(3,4)5/h6-10,13,17,19H,1-5H3,(H,16,18). The quantitative estimate of drug-likeness (QED) is 0.567. The van der Waals surface area contributed by atoms with Crippen LogP contribution >= 0.6 is 0 Å². The summed E-state index contributed by atoms with van der Waals surface area (Å²) >= 11 is 0. The van der Waals surface area contributed by atoms with E-state index < -0.39 is 22.0 Å². The van der Waals surface area contributed by atoms with Crippen LogP contribution in [0.2, 0.25) is 0 Å². The molecule has 0 heterocycles. The molecule has 0 aliphatic carbocycles. The molecule has 1 amide bonds. The highest BCUT2D eigenvalue weighted by molar-refractivity contribution is 7.89. The van der Waals surface area contributed by atoms with E-state index in [0.717, 1.165) is 5.56 Å². The minimum atomic E-state index is -3.84. The lowest BCUT2D eigenvalue weighted by Gasteiger charge is -2.21. The van der Waals surface area contributed by atoms with E-state index in [4.69, 9.17) is 5.21 Å². The average Bonchev–Trinajstić information content (AvgIpc) is 2.43. The Bertz CT molecular complexity index is 616. The number of nitrogens with one attached hydrogen (secondary N) is 2.